The van der Waals surface area contributed by atoms with E-state index in [2.05, 4.69) is 4.98 Å². The average molecular weight is 342 g/mol. The summed E-state index contributed by atoms with van der Waals surface area (Å²) in [6.45, 7) is 6.78. The lowest BCUT2D eigenvalue weighted by Gasteiger charge is -2.36. The zero-order chi connectivity index (χ0) is 17.9. The summed E-state index contributed by atoms with van der Waals surface area (Å²) in [6, 6.07) is 10.1. The minimum Gasteiger partial charge on any atom is -0.444 e. The van der Waals surface area contributed by atoms with Crippen molar-refractivity contribution in [3.8, 4) is 0 Å². The summed E-state index contributed by atoms with van der Waals surface area (Å²) in [5, 5.41) is 1.11. The number of likely N-dealkylation sites (tertiary alicyclic amines) is 1. The Morgan fingerprint density at radius 1 is 1.28 bits per heavy atom. The Kier molecular flexibility index (Phi) is 5.23. The molecule has 3 rings (SSSR count). The lowest BCUT2D eigenvalue weighted by molar-refractivity contribution is -0.0897. The highest BCUT2D eigenvalue weighted by molar-refractivity contribution is 5.78. The van der Waals surface area contributed by atoms with Gasteiger partial charge >= 0.3 is 6.09 Å². The van der Waals surface area contributed by atoms with Gasteiger partial charge in [0.2, 0.25) is 0 Å². The number of aromatic nitrogens is 1. The van der Waals surface area contributed by atoms with Gasteiger partial charge in [-0.25, -0.2) is 4.79 Å². The first-order chi connectivity index (χ1) is 11.9. The second kappa shape index (κ2) is 7.40. The Bertz CT molecular complexity index is 739. The fraction of sp³-hybridized carbons (Fsp3) is 0.500. The number of pyridine rings is 1. The van der Waals surface area contributed by atoms with Gasteiger partial charge in [0.1, 0.15) is 11.8 Å². The molecule has 1 aliphatic heterocycles. The lowest BCUT2D eigenvalue weighted by Crippen LogP contribution is -2.47. The average Bonchev–Trinajstić information content (AvgIpc) is 2.58. The first-order valence-electron chi connectivity index (χ1n) is 8.87. The highest BCUT2D eigenvalue weighted by atomic mass is 16.6. The standard InChI is InChI=1S/C20H26N2O3/c1-20(2,3)25-19(23)22-12-5-4-8-18(22)24-14-15-9-10-16-7-6-11-21-17(16)13-15/h6-7,9-11,13,18H,4-5,8,12,14H2,1-3H3. The van der Waals surface area contributed by atoms with Crippen LogP contribution in [0.15, 0.2) is 36.5 Å². The molecule has 5 heteroatoms. The molecule has 1 saturated heterocycles. The van der Waals surface area contributed by atoms with Crippen molar-refractivity contribution < 1.29 is 14.3 Å². The first kappa shape index (κ1) is 17.7. The molecule has 0 saturated carbocycles. The third kappa shape index (κ3) is 4.69. The van der Waals surface area contributed by atoms with Crippen molar-refractivity contribution in [3.63, 3.8) is 0 Å². The van der Waals surface area contributed by atoms with Crippen LogP contribution in [0, 0.1) is 0 Å². The molecule has 0 spiro atoms. The van der Waals surface area contributed by atoms with Crippen molar-refractivity contribution in [2.24, 2.45) is 0 Å². The quantitative estimate of drug-likeness (QED) is 0.824. The van der Waals surface area contributed by atoms with Gasteiger partial charge in [-0.3, -0.25) is 9.88 Å². The van der Waals surface area contributed by atoms with Crippen LogP contribution in [-0.4, -0.2) is 34.4 Å². The van der Waals surface area contributed by atoms with Crippen LogP contribution >= 0.6 is 0 Å². The number of carbonyl (C=O) groups excluding carboxylic acids is 1. The lowest BCUT2D eigenvalue weighted by atomic mass is 10.1. The molecule has 1 amide bonds. The Morgan fingerprint density at radius 3 is 2.92 bits per heavy atom. The third-order valence-electron chi connectivity index (χ3n) is 4.19. The van der Waals surface area contributed by atoms with E-state index in [1.165, 1.54) is 0 Å². The van der Waals surface area contributed by atoms with E-state index >= 15 is 0 Å². The smallest absolute Gasteiger partial charge is 0.412 e. The van der Waals surface area contributed by atoms with E-state index in [0.29, 0.717) is 13.2 Å². The fourth-order valence-corrected chi connectivity index (χ4v) is 3.00. The zero-order valence-corrected chi connectivity index (χ0v) is 15.2. The van der Waals surface area contributed by atoms with Gasteiger partial charge in [0.15, 0.2) is 0 Å². The maximum absolute atomic E-state index is 12.4. The molecule has 1 aromatic heterocycles. The number of nitrogens with zero attached hydrogens (tertiary/aromatic N) is 2. The number of carbonyl (C=O) groups is 1. The van der Waals surface area contributed by atoms with Crippen LogP contribution in [0.5, 0.6) is 0 Å². The topological polar surface area (TPSA) is 51.7 Å². The van der Waals surface area contributed by atoms with Gasteiger partial charge in [0, 0.05) is 18.1 Å². The van der Waals surface area contributed by atoms with E-state index in [-0.39, 0.29) is 12.3 Å². The Morgan fingerprint density at radius 2 is 2.12 bits per heavy atom. The summed E-state index contributed by atoms with van der Waals surface area (Å²) >= 11 is 0. The number of amides is 1. The van der Waals surface area contributed by atoms with Crippen LogP contribution in [-0.2, 0) is 16.1 Å². The number of fused-ring (bicyclic) bond motifs is 1. The van der Waals surface area contributed by atoms with Gasteiger partial charge in [-0.15, -0.1) is 0 Å². The molecular formula is C20H26N2O3. The zero-order valence-electron chi connectivity index (χ0n) is 15.2. The molecule has 5 nitrogen and oxygen atoms in total. The van der Waals surface area contributed by atoms with E-state index in [0.717, 1.165) is 35.7 Å². The van der Waals surface area contributed by atoms with Gasteiger partial charge in [0.25, 0.3) is 0 Å². The van der Waals surface area contributed by atoms with Crippen molar-refractivity contribution in [1.82, 2.24) is 9.88 Å². The van der Waals surface area contributed by atoms with E-state index in [1.807, 2.05) is 51.1 Å². The normalized spacial score (nSPS) is 18.4. The summed E-state index contributed by atoms with van der Waals surface area (Å²) in [6.07, 6.45) is 4.14. The van der Waals surface area contributed by atoms with Gasteiger partial charge in [0.05, 0.1) is 12.1 Å². The molecule has 1 aliphatic rings. The Labute approximate surface area is 148 Å². The number of hydrogen-bond donors (Lipinski definition) is 0. The van der Waals surface area contributed by atoms with Crippen LogP contribution in [0.1, 0.15) is 45.6 Å². The van der Waals surface area contributed by atoms with Crippen molar-refractivity contribution >= 4 is 17.0 Å². The van der Waals surface area contributed by atoms with Crippen molar-refractivity contribution in [2.45, 2.75) is 58.5 Å². The second-order valence-electron chi connectivity index (χ2n) is 7.47. The molecule has 0 aliphatic carbocycles. The SMILES string of the molecule is CC(C)(C)OC(=O)N1CCCCC1OCc1ccc2cccnc2c1. The van der Waals surface area contributed by atoms with Crippen LogP contribution in [0.3, 0.4) is 0 Å². The summed E-state index contributed by atoms with van der Waals surface area (Å²) in [5.74, 6) is 0. The van der Waals surface area contributed by atoms with Crippen LogP contribution in [0.2, 0.25) is 0 Å². The monoisotopic (exact) mass is 342 g/mol. The minimum absolute atomic E-state index is 0.233. The molecule has 2 aromatic rings. The van der Waals surface area contributed by atoms with E-state index in [9.17, 15) is 4.79 Å². The summed E-state index contributed by atoms with van der Waals surface area (Å²) < 4.78 is 11.6. The van der Waals surface area contributed by atoms with Crippen LogP contribution in [0.4, 0.5) is 4.79 Å². The van der Waals surface area contributed by atoms with Gasteiger partial charge in [-0.05, 0) is 57.7 Å². The number of rotatable bonds is 3. The predicted octanol–water partition coefficient (Wildman–Crippen LogP) is 4.50. The van der Waals surface area contributed by atoms with Crippen molar-refractivity contribution in [3.05, 3.63) is 42.1 Å². The Hall–Kier alpha value is -2.14. The molecule has 1 atom stereocenters. The van der Waals surface area contributed by atoms with Gasteiger partial charge in [-0.2, -0.15) is 0 Å². The van der Waals surface area contributed by atoms with Gasteiger partial charge < -0.3 is 9.47 Å². The van der Waals surface area contributed by atoms with Crippen molar-refractivity contribution in [1.29, 1.82) is 0 Å². The van der Waals surface area contributed by atoms with Crippen molar-refractivity contribution in [2.75, 3.05) is 6.54 Å². The number of hydrogen-bond acceptors (Lipinski definition) is 4. The molecule has 1 unspecified atom stereocenters. The molecule has 0 N–H and O–H groups in total. The third-order valence-corrected chi connectivity index (χ3v) is 4.19. The van der Waals surface area contributed by atoms with E-state index in [4.69, 9.17) is 9.47 Å². The number of piperidine rings is 1. The molecule has 0 bridgehead atoms. The predicted molar refractivity (Wildman–Crippen MR) is 97.1 cm³/mol. The molecule has 1 aromatic carbocycles. The molecule has 2 heterocycles. The van der Waals surface area contributed by atoms with Gasteiger partial charge in [-0.1, -0.05) is 18.2 Å². The fourth-order valence-electron chi connectivity index (χ4n) is 3.00. The Balaban J connectivity index is 1.65. The van der Waals surface area contributed by atoms with Crippen LogP contribution < -0.4 is 0 Å². The summed E-state index contributed by atoms with van der Waals surface area (Å²) in [4.78, 5) is 18.5. The molecule has 1 fully saturated rings. The molecule has 0 radical (unpaired) electrons. The minimum atomic E-state index is -0.497. The summed E-state index contributed by atoms with van der Waals surface area (Å²) in [7, 11) is 0. The summed E-state index contributed by atoms with van der Waals surface area (Å²) in [5.41, 5.74) is 1.51. The highest BCUT2D eigenvalue weighted by Crippen LogP contribution is 2.23. The van der Waals surface area contributed by atoms with E-state index < -0.39 is 5.60 Å². The largest absolute Gasteiger partial charge is 0.444 e. The van der Waals surface area contributed by atoms with E-state index in [1.54, 1.807) is 11.1 Å². The maximum Gasteiger partial charge on any atom is 0.412 e. The molecule has 134 valence electrons. The number of benzene rings is 1. The highest BCUT2D eigenvalue weighted by Gasteiger charge is 2.31. The molecular weight excluding hydrogens is 316 g/mol. The second-order valence-corrected chi connectivity index (χ2v) is 7.47. The number of ether oxygens (including phenoxy) is 2. The molecule has 25 heavy (non-hydrogen) atoms. The maximum atomic E-state index is 12.4. The van der Waals surface area contributed by atoms with Crippen LogP contribution in [0.25, 0.3) is 10.9 Å². The first-order valence-corrected chi connectivity index (χ1v) is 8.87.